The number of hydrogen-bond donors (Lipinski definition) is 0. The minimum Gasteiger partial charge on any atom is -0.497 e. The van der Waals surface area contributed by atoms with Gasteiger partial charge in [-0.3, -0.25) is 0 Å². The van der Waals surface area contributed by atoms with E-state index in [1.165, 1.54) is 5.56 Å². The number of aryl methyl sites for hydroxylation is 2. The molecule has 1 aromatic heterocycles. The van der Waals surface area contributed by atoms with E-state index in [2.05, 4.69) is 0 Å². The van der Waals surface area contributed by atoms with Crippen LogP contribution >= 0.6 is 0 Å². The summed E-state index contributed by atoms with van der Waals surface area (Å²) in [6.45, 7) is 4.08. The Hall–Kier alpha value is -2.75. The number of hydrogen-bond acceptors (Lipinski definition) is 4. The van der Waals surface area contributed by atoms with Crippen LogP contribution in [-0.4, -0.2) is 13.1 Å². The molecule has 0 atom stereocenters. The molecule has 3 aromatic rings. The highest BCUT2D eigenvalue weighted by Crippen LogP contribution is 2.29. The van der Waals surface area contributed by atoms with Gasteiger partial charge < -0.3 is 13.9 Å². The van der Waals surface area contributed by atoms with Crippen LogP contribution in [0.1, 0.15) is 27.2 Å². The van der Waals surface area contributed by atoms with Gasteiger partial charge in [-0.1, -0.05) is 29.8 Å². The van der Waals surface area contributed by atoms with Gasteiger partial charge in [-0.25, -0.2) is 4.79 Å². The maximum absolute atomic E-state index is 12.3. The van der Waals surface area contributed by atoms with Crippen molar-refractivity contribution in [1.29, 1.82) is 0 Å². The Balaban J connectivity index is 1.80. The molecular weight excluding hydrogens is 292 g/mol. The third-order valence-corrected chi connectivity index (χ3v) is 3.82. The minimum absolute atomic E-state index is 0.221. The molecule has 3 rings (SSSR count). The molecule has 4 nitrogen and oxygen atoms in total. The molecule has 0 aliphatic carbocycles. The Morgan fingerprint density at radius 1 is 1.09 bits per heavy atom. The van der Waals surface area contributed by atoms with E-state index in [4.69, 9.17) is 13.9 Å². The fourth-order valence-electron chi connectivity index (χ4n) is 2.42. The van der Waals surface area contributed by atoms with E-state index in [9.17, 15) is 4.79 Å². The van der Waals surface area contributed by atoms with Crippen molar-refractivity contribution >= 4 is 16.9 Å². The summed E-state index contributed by atoms with van der Waals surface area (Å²) < 4.78 is 16.2. The average molecular weight is 310 g/mol. The van der Waals surface area contributed by atoms with Crippen LogP contribution in [0.3, 0.4) is 0 Å². The minimum atomic E-state index is -0.460. The van der Waals surface area contributed by atoms with Crippen molar-refractivity contribution < 1.29 is 18.7 Å². The lowest BCUT2D eigenvalue weighted by molar-refractivity contribution is 0.0437. The summed E-state index contributed by atoms with van der Waals surface area (Å²) in [5, 5.41) is 0.853. The predicted octanol–water partition coefficient (Wildman–Crippen LogP) is 4.42. The van der Waals surface area contributed by atoms with E-state index in [-0.39, 0.29) is 12.4 Å². The van der Waals surface area contributed by atoms with Gasteiger partial charge in [-0.2, -0.15) is 0 Å². The summed E-state index contributed by atoms with van der Waals surface area (Å²) in [7, 11) is 1.60. The molecule has 0 N–H and O–H groups in total. The molecule has 0 amide bonds. The van der Waals surface area contributed by atoms with Gasteiger partial charge in [-0.05, 0) is 37.6 Å². The van der Waals surface area contributed by atoms with Crippen LogP contribution in [0, 0.1) is 13.8 Å². The number of furan rings is 1. The van der Waals surface area contributed by atoms with Crippen LogP contribution in [0.15, 0.2) is 46.9 Å². The lowest BCUT2D eigenvalue weighted by Crippen LogP contribution is -2.05. The van der Waals surface area contributed by atoms with Crippen LogP contribution in [0.2, 0.25) is 0 Å². The summed E-state index contributed by atoms with van der Waals surface area (Å²) in [6, 6.07) is 13.3. The van der Waals surface area contributed by atoms with Crippen molar-refractivity contribution in [3.05, 3.63) is 64.9 Å². The van der Waals surface area contributed by atoms with Crippen molar-refractivity contribution in [1.82, 2.24) is 0 Å². The fraction of sp³-hybridized carbons (Fsp3) is 0.211. The van der Waals surface area contributed by atoms with Gasteiger partial charge in [0.25, 0.3) is 0 Å². The lowest BCUT2D eigenvalue weighted by atomic mass is 10.1. The number of ether oxygens (including phenoxy) is 2. The van der Waals surface area contributed by atoms with Gasteiger partial charge in [0.1, 0.15) is 17.9 Å². The average Bonchev–Trinajstić information content (AvgIpc) is 2.90. The standard InChI is InChI=1S/C19H18O4/c1-12-4-6-14(7-5-12)11-22-19(20)18-13(2)16-10-15(21-3)8-9-17(16)23-18/h4-10H,11H2,1-3H3. The van der Waals surface area contributed by atoms with E-state index in [1.807, 2.05) is 44.2 Å². The SMILES string of the molecule is COc1ccc2oc(C(=O)OCc3ccc(C)cc3)c(C)c2c1. The summed E-state index contributed by atoms with van der Waals surface area (Å²) in [5.41, 5.74) is 3.51. The van der Waals surface area contributed by atoms with Crippen molar-refractivity contribution in [2.75, 3.05) is 7.11 Å². The molecule has 118 valence electrons. The summed E-state index contributed by atoms with van der Waals surface area (Å²) in [4.78, 5) is 12.3. The second kappa shape index (κ2) is 6.16. The predicted molar refractivity (Wildman–Crippen MR) is 87.8 cm³/mol. The zero-order valence-electron chi connectivity index (χ0n) is 13.4. The van der Waals surface area contributed by atoms with Gasteiger partial charge in [0.2, 0.25) is 5.76 Å². The zero-order chi connectivity index (χ0) is 16.4. The second-order valence-electron chi connectivity index (χ2n) is 5.48. The number of esters is 1. The van der Waals surface area contributed by atoms with E-state index in [1.54, 1.807) is 19.2 Å². The monoisotopic (exact) mass is 310 g/mol. The smallest absolute Gasteiger partial charge is 0.374 e. The summed E-state index contributed by atoms with van der Waals surface area (Å²) >= 11 is 0. The van der Waals surface area contributed by atoms with Gasteiger partial charge >= 0.3 is 5.97 Å². The molecule has 1 heterocycles. The molecule has 4 heteroatoms. The molecule has 0 saturated heterocycles. The number of rotatable bonds is 4. The highest BCUT2D eigenvalue weighted by Gasteiger charge is 2.19. The third kappa shape index (κ3) is 3.06. The van der Waals surface area contributed by atoms with Gasteiger partial charge in [0.15, 0.2) is 0 Å². The van der Waals surface area contributed by atoms with Crippen LogP contribution < -0.4 is 4.74 Å². The first-order valence-corrected chi connectivity index (χ1v) is 7.38. The van der Waals surface area contributed by atoms with Crippen molar-refractivity contribution in [2.45, 2.75) is 20.5 Å². The van der Waals surface area contributed by atoms with E-state index < -0.39 is 5.97 Å². The largest absolute Gasteiger partial charge is 0.497 e. The topological polar surface area (TPSA) is 48.7 Å². The lowest BCUT2D eigenvalue weighted by Gasteiger charge is -2.04. The van der Waals surface area contributed by atoms with Crippen LogP contribution in [0.4, 0.5) is 0 Å². The molecule has 2 aromatic carbocycles. The molecule has 0 aliphatic heterocycles. The molecule has 0 saturated carbocycles. The normalized spacial score (nSPS) is 10.7. The Bertz CT molecular complexity index is 844. The van der Waals surface area contributed by atoms with E-state index in [0.717, 1.165) is 22.3 Å². The van der Waals surface area contributed by atoms with Gasteiger partial charge in [0, 0.05) is 10.9 Å². The fourth-order valence-corrected chi connectivity index (χ4v) is 2.42. The molecule has 0 fully saturated rings. The van der Waals surface area contributed by atoms with Crippen LogP contribution in [0.25, 0.3) is 11.0 Å². The Morgan fingerprint density at radius 2 is 1.83 bits per heavy atom. The maximum atomic E-state index is 12.3. The highest BCUT2D eigenvalue weighted by molar-refractivity contribution is 5.96. The molecule has 0 bridgehead atoms. The molecular formula is C19H18O4. The Morgan fingerprint density at radius 3 is 2.52 bits per heavy atom. The van der Waals surface area contributed by atoms with Crippen molar-refractivity contribution in [2.24, 2.45) is 0 Å². The molecule has 0 spiro atoms. The van der Waals surface area contributed by atoms with Crippen molar-refractivity contribution in [3.8, 4) is 5.75 Å². The zero-order valence-corrected chi connectivity index (χ0v) is 13.4. The van der Waals surface area contributed by atoms with Gasteiger partial charge in [0.05, 0.1) is 7.11 Å². The summed E-state index contributed by atoms with van der Waals surface area (Å²) in [6.07, 6.45) is 0. The number of methoxy groups -OCH3 is 1. The number of benzene rings is 2. The maximum Gasteiger partial charge on any atom is 0.374 e. The molecule has 0 radical (unpaired) electrons. The number of carbonyl (C=O) groups excluding carboxylic acids is 1. The van der Waals surface area contributed by atoms with Gasteiger partial charge in [-0.15, -0.1) is 0 Å². The summed E-state index contributed by atoms with van der Waals surface area (Å²) in [5.74, 6) is 0.500. The Kier molecular flexibility index (Phi) is 4.06. The van der Waals surface area contributed by atoms with E-state index in [0.29, 0.717) is 5.58 Å². The number of fused-ring (bicyclic) bond motifs is 1. The van der Waals surface area contributed by atoms with E-state index >= 15 is 0 Å². The first-order chi connectivity index (χ1) is 11.1. The quantitative estimate of drug-likeness (QED) is 0.669. The third-order valence-electron chi connectivity index (χ3n) is 3.82. The molecule has 0 unspecified atom stereocenters. The molecule has 23 heavy (non-hydrogen) atoms. The van der Waals surface area contributed by atoms with Crippen LogP contribution in [-0.2, 0) is 11.3 Å². The highest BCUT2D eigenvalue weighted by atomic mass is 16.5. The second-order valence-corrected chi connectivity index (χ2v) is 5.48. The first kappa shape index (κ1) is 15.2. The number of carbonyl (C=O) groups is 1. The Labute approximate surface area is 134 Å². The van der Waals surface area contributed by atoms with Crippen LogP contribution in [0.5, 0.6) is 5.75 Å². The van der Waals surface area contributed by atoms with Crippen molar-refractivity contribution in [3.63, 3.8) is 0 Å². The molecule has 0 aliphatic rings. The first-order valence-electron chi connectivity index (χ1n) is 7.38.